The lowest BCUT2D eigenvalue weighted by molar-refractivity contribution is -0.156. The number of benzene rings is 2. The van der Waals surface area contributed by atoms with Gasteiger partial charge < -0.3 is 15.3 Å². The molecule has 0 aliphatic carbocycles. The predicted molar refractivity (Wildman–Crippen MR) is 120 cm³/mol. The third kappa shape index (κ3) is 4.46. The van der Waals surface area contributed by atoms with Gasteiger partial charge in [-0.05, 0) is 42.4 Å². The van der Waals surface area contributed by atoms with Gasteiger partial charge in [-0.2, -0.15) is 12.6 Å². The molecule has 0 bridgehead atoms. The lowest BCUT2D eigenvalue weighted by Crippen LogP contribution is -2.56. The molecule has 0 radical (unpaired) electrons. The van der Waals surface area contributed by atoms with Crippen molar-refractivity contribution in [2.45, 2.75) is 55.5 Å². The molecule has 2 heterocycles. The van der Waals surface area contributed by atoms with Crippen molar-refractivity contribution in [1.82, 2.24) is 10.2 Å². The van der Waals surface area contributed by atoms with Crippen LogP contribution in [0.15, 0.2) is 54.6 Å². The normalized spacial score (nSPS) is 23.8. The van der Waals surface area contributed by atoms with Crippen molar-refractivity contribution >= 4 is 30.4 Å². The first kappa shape index (κ1) is 21.4. The highest BCUT2D eigenvalue weighted by Crippen LogP contribution is 2.39. The van der Waals surface area contributed by atoms with Gasteiger partial charge in [-0.3, -0.25) is 9.59 Å². The fourth-order valence-electron chi connectivity index (χ4n) is 4.70. The molecule has 2 N–H and O–H groups in total. The van der Waals surface area contributed by atoms with Crippen LogP contribution in [0.4, 0.5) is 0 Å². The average molecular weight is 439 g/mol. The van der Waals surface area contributed by atoms with Gasteiger partial charge in [0.05, 0.1) is 11.3 Å². The summed E-state index contributed by atoms with van der Waals surface area (Å²) in [6.07, 6.45) is 2.66. The fourth-order valence-corrected chi connectivity index (χ4v) is 4.98. The van der Waals surface area contributed by atoms with E-state index in [1.54, 1.807) is 0 Å². The molecule has 1 saturated heterocycles. The van der Waals surface area contributed by atoms with Crippen molar-refractivity contribution in [2.75, 3.05) is 0 Å². The Kier molecular flexibility index (Phi) is 6.32. The SMILES string of the molecule is O=C(NC1Cc2ccccc2C2CCC[C@@H](C(=O)O)N2C1=O)C(S)Cc1ccccc1. The highest BCUT2D eigenvalue weighted by Gasteiger charge is 2.44. The Morgan fingerprint density at radius 2 is 1.81 bits per heavy atom. The number of carboxylic acids is 1. The second-order valence-electron chi connectivity index (χ2n) is 8.22. The third-order valence-corrected chi connectivity index (χ3v) is 6.61. The monoisotopic (exact) mass is 438 g/mol. The highest BCUT2D eigenvalue weighted by molar-refractivity contribution is 7.81. The van der Waals surface area contributed by atoms with Crippen LogP contribution in [-0.4, -0.2) is 45.1 Å². The summed E-state index contributed by atoms with van der Waals surface area (Å²) in [5, 5.41) is 12.0. The van der Waals surface area contributed by atoms with Gasteiger partial charge in [0.25, 0.3) is 0 Å². The number of piperidine rings is 1. The van der Waals surface area contributed by atoms with Gasteiger partial charge in [-0.1, -0.05) is 54.6 Å². The standard InChI is InChI=1S/C24H26N2O4S/c27-22(21(31)13-15-7-2-1-3-8-15)25-18-14-16-9-4-5-10-17(16)19-11-6-12-20(24(29)30)26(19)23(18)28/h1-5,7-10,18-21,31H,6,11-14H2,(H,25,27)(H,29,30)/t18?,19?,20-,21?/m0/s1. The first-order valence-electron chi connectivity index (χ1n) is 10.6. The van der Waals surface area contributed by atoms with Crippen molar-refractivity contribution in [2.24, 2.45) is 0 Å². The van der Waals surface area contributed by atoms with Crippen LogP contribution in [0.5, 0.6) is 0 Å². The van der Waals surface area contributed by atoms with Crippen molar-refractivity contribution in [3.8, 4) is 0 Å². The van der Waals surface area contributed by atoms with Crippen molar-refractivity contribution in [3.63, 3.8) is 0 Å². The minimum Gasteiger partial charge on any atom is -0.480 e. The second-order valence-corrected chi connectivity index (χ2v) is 8.84. The van der Waals surface area contributed by atoms with Crippen LogP contribution in [0.1, 0.15) is 42.0 Å². The Morgan fingerprint density at radius 1 is 1.10 bits per heavy atom. The molecule has 4 atom stereocenters. The Balaban J connectivity index is 1.59. The molecular formula is C24H26N2O4S. The quantitative estimate of drug-likeness (QED) is 0.627. The molecule has 0 spiro atoms. The van der Waals surface area contributed by atoms with Crippen LogP contribution in [0.3, 0.4) is 0 Å². The van der Waals surface area contributed by atoms with Gasteiger partial charge in [0.2, 0.25) is 11.8 Å². The number of nitrogens with zero attached hydrogens (tertiary/aromatic N) is 1. The van der Waals surface area contributed by atoms with Crippen LogP contribution in [0.2, 0.25) is 0 Å². The number of nitrogens with one attached hydrogen (secondary N) is 1. The molecule has 1 fully saturated rings. The first-order chi connectivity index (χ1) is 15.0. The van der Waals surface area contributed by atoms with Crippen molar-refractivity contribution in [1.29, 1.82) is 0 Å². The van der Waals surface area contributed by atoms with E-state index in [0.29, 0.717) is 19.3 Å². The minimum absolute atomic E-state index is 0.281. The number of rotatable bonds is 5. The maximum atomic E-state index is 13.5. The molecule has 162 valence electrons. The Morgan fingerprint density at radius 3 is 2.55 bits per heavy atom. The maximum absolute atomic E-state index is 13.5. The molecule has 31 heavy (non-hydrogen) atoms. The molecule has 6 nitrogen and oxygen atoms in total. The largest absolute Gasteiger partial charge is 0.480 e. The number of aliphatic carboxylic acids is 1. The van der Waals surface area contributed by atoms with E-state index in [1.165, 1.54) is 4.90 Å². The molecule has 2 aliphatic heterocycles. The summed E-state index contributed by atoms with van der Waals surface area (Å²) in [4.78, 5) is 39.8. The summed E-state index contributed by atoms with van der Waals surface area (Å²) in [5.74, 6) is -1.66. The molecule has 2 aromatic rings. The first-order valence-corrected chi connectivity index (χ1v) is 11.1. The average Bonchev–Trinajstić information content (AvgIpc) is 2.89. The summed E-state index contributed by atoms with van der Waals surface area (Å²) in [7, 11) is 0. The molecule has 4 rings (SSSR count). The lowest BCUT2D eigenvalue weighted by Gasteiger charge is -2.40. The van der Waals surface area contributed by atoms with E-state index in [4.69, 9.17) is 0 Å². The highest BCUT2D eigenvalue weighted by atomic mass is 32.1. The Bertz CT molecular complexity index is 981. The molecule has 0 aromatic heterocycles. The molecule has 3 unspecified atom stereocenters. The van der Waals surface area contributed by atoms with Gasteiger partial charge >= 0.3 is 5.97 Å². The Labute approximate surface area is 187 Å². The van der Waals surface area contributed by atoms with Crippen molar-refractivity contribution in [3.05, 3.63) is 71.3 Å². The number of carboxylic acid groups (broad SMARTS) is 1. The predicted octanol–water partition coefficient (Wildman–Crippen LogP) is 2.78. The van der Waals surface area contributed by atoms with Crippen molar-refractivity contribution < 1.29 is 19.5 Å². The lowest BCUT2D eigenvalue weighted by atomic mass is 9.89. The topological polar surface area (TPSA) is 86.7 Å². The zero-order chi connectivity index (χ0) is 22.0. The minimum atomic E-state index is -1.00. The summed E-state index contributed by atoms with van der Waals surface area (Å²) < 4.78 is 0. The summed E-state index contributed by atoms with van der Waals surface area (Å²) in [5.41, 5.74) is 2.93. The van der Waals surface area contributed by atoms with Crippen LogP contribution in [0.25, 0.3) is 0 Å². The number of hydrogen-bond donors (Lipinski definition) is 3. The summed E-state index contributed by atoms with van der Waals surface area (Å²) in [6.45, 7) is 0. The molecular weight excluding hydrogens is 412 g/mol. The number of carbonyl (C=O) groups excluding carboxylic acids is 2. The zero-order valence-electron chi connectivity index (χ0n) is 17.1. The van der Waals surface area contributed by atoms with Crippen LogP contribution in [0, 0.1) is 0 Å². The number of carbonyl (C=O) groups is 3. The Hall–Kier alpha value is -2.80. The van der Waals surface area contributed by atoms with E-state index in [-0.39, 0.29) is 17.9 Å². The number of hydrogen-bond acceptors (Lipinski definition) is 4. The molecule has 7 heteroatoms. The smallest absolute Gasteiger partial charge is 0.326 e. The van der Waals surface area contributed by atoms with Crippen LogP contribution in [-0.2, 0) is 27.2 Å². The number of thiol groups is 1. The van der Waals surface area contributed by atoms with E-state index in [0.717, 1.165) is 29.5 Å². The van der Waals surface area contributed by atoms with E-state index in [2.05, 4.69) is 17.9 Å². The molecule has 2 aromatic carbocycles. The number of fused-ring (bicyclic) bond motifs is 3. The maximum Gasteiger partial charge on any atom is 0.326 e. The van der Waals surface area contributed by atoms with E-state index >= 15 is 0 Å². The number of amides is 2. The summed E-state index contributed by atoms with van der Waals surface area (Å²) >= 11 is 4.46. The van der Waals surface area contributed by atoms with Gasteiger partial charge in [0.15, 0.2) is 0 Å². The van der Waals surface area contributed by atoms with Gasteiger partial charge in [0, 0.05) is 6.42 Å². The van der Waals surface area contributed by atoms with Gasteiger partial charge in [0.1, 0.15) is 12.1 Å². The molecule has 2 aliphatic rings. The van der Waals surface area contributed by atoms with Gasteiger partial charge in [-0.15, -0.1) is 0 Å². The second kappa shape index (κ2) is 9.14. The van der Waals surface area contributed by atoms with E-state index in [1.807, 2.05) is 54.6 Å². The van der Waals surface area contributed by atoms with E-state index < -0.39 is 23.3 Å². The third-order valence-electron chi connectivity index (χ3n) is 6.19. The molecule has 2 amide bonds. The summed E-state index contributed by atoms with van der Waals surface area (Å²) in [6, 6.07) is 15.3. The van der Waals surface area contributed by atoms with Gasteiger partial charge in [-0.25, -0.2) is 4.79 Å². The molecule has 0 saturated carbocycles. The zero-order valence-corrected chi connectivity index (χ0v) is 18.0. The fraction of sp³-hybridized carbons (Fsp3) is 0.375. The van der Waals surface area contributed by atoms with Crippen LogP contribution < -0.4 is 5.32 Å². The van der Waals surface area contributed by atoms with E-state index in [9.17, 15) is 19.5 Å². The van der Waals surface area contributed by atoms with Crippen LogP contribution >= 0.6 is 12.6 Å².